The molecule has 2 aromatic rings. The quantitative estimate of drug-likeness (QED) is 0.781. The zero-order valence-electron chi connectivity index (χ0n) is 14.7. The van der Waals surface area contributed by atoms with Gasteiger partial charge < -0.3 is 24.3 Å². The number of hydrogen-bond acceptors (Lipinski definition) is 5. The Kier molecular flexibility index (Phi) is 6.28. The summed E-state index contributed by atoms with van der Waals surface area (Å²) in [5.74, 6) is 2.15. The van der Waals surface area contributed by atoms with Gasteiger partial charge in [0, 0.05) is 23.9 Å². The molecule has 6 nitrogen and oxygen atoms in total. The van der Waals surface area contributed by atoms with Gasteiger partial charge in [0.15, 0.2) is 0 Å². The third-order valence-electron chi connectivity index (χ3n) is 3.51. The summed E-state index contributed by atoms with van der Waals surface area (Å²) in [5.41, 5.74) is 1.32. The van der Waals surface area contributed by atoms with E-state index in [0.29, 0.717) is 28.5 Å². The predicted molar refractivity (Wildman–Crippen MR) is 96.8 cm³/mol. The molecule has 0 fully saturated rings. The van der Waals surface area contributed by atoms with Crippen LogP contribution in [-0.4, -0.2) is 34.3 Å². The molecular formula is C19H21NO5. The van der Waals surface area contributed by atoms with Gasteiger partial charge in [-0.1, -0.05) is 0 Å². The highest BCUT2D eigenvalue weighted by Crippen LogP contribution is 2.35. The Balaban J connectivity index is 2.18. The zero-order valence-corrected chi connectivity index (χ0v) is 14.7. The van der Waals surface area contributed by atoms with Gasteiger partial charge in [-0.3, -0.25) is 4.79 Å². The number of carbonyl (C=O) groups excluding carboxylic acids is 1. The lowest BCUT2D eigenvalue weighted by molar-refractivity contribution is -0.111. The van der Waals surface area contributed by atoms with E-state index in [9.17, 15) is 4.79 Å². The van der Waals surface area contributed by atoms with E-state index >= 15 is 0 Å². The van der Waals surface area contributed by atoms with Gasteiger partial charge in [-0.05, 0) is 30.3 Å². The van der Waals surface area contributed by atoms with E-state index < -0.39 is 0 Å². The van der Waals surface area contributed by atoms with E-state index in [1.165, 1.54) is 6.08 Å². The SMILES string of the molecule is COc1ccc(NC(=O)C=Cc2c(OC)cc(OC)cc2OC)cc1. The normalized spacial score (nSPS) is 10.4. The standard InChI is InChI=1S/C19H21NO5/c1-22-14-7-5-13(6-8-14)20-19(21)10-9-16-17(24-3)11-15(23-2)12-18(16)25-4/h5-12H,1-4H3,(H,20,21). The van der Waals surface area contributed by atoms with E-state index in [4.69, 9.17) is 18.9 Å². The molecule has 0 bridgehead atoms. The van der Waals surface area contributed by atoms with Crippen LogP contribution < -0.4 is 24.3 Å². The lowest BCUT2D eigenvalue weighted by atomic mass is 10.1. The molecule has 0 saturated heterocycles. The molecule has 0 aliphatic rings. The topological polar surface area (TPSA) is 66.0 Å². The summed E-state index contributed by atoms with van der Waals surface area (Å²) < 4.78 is 21.0. The first-order chi connectivity index (χ1) is 12.1. The first-order valence-corrected chi connectivity index (χ1v) is 7.54. The Morgan fingerprint density at radius 1 is 0.840 bits per heavy atom. The molecular weight excluding hydrogens is 322 g/mol. The molecule has 25 heavy (non-hydrogen) atoms. The summed E-state index contributed by atoms with van der Waals surface area (Å²) >= 11 is 0. The van der Waals surface area contributed by atoms with E-state index in [2.05, 4.69) is 5.32 Å². The van der Waals surface area contributed by atoms with Crippen molar-refractivity contribution in [2.24, 2.45) is 0 Å². The number of methoxy groups -OCH3 is 4. The number of anilines is 1. The third-order valence-corrected chi connectivity index (χ3v) is 3.51. The minimum atomic E-state index is -0.273. The van der Waals surface area contributed by atoms with Gasteiger partial charge in [0.2, 0.25) is 5.91 Å². The largest absolute Gasteiger partial charge is 0.497 e. The van der Waals surface area contributed by atoms with Crippen LogP contribution in [0.2, 0.25) is 0 Å². The van der Waals surface area contributed by atoms with Crippen LogP contribution in [0.15, 0.2) is 42.5 Å². The second kappa shape index (κ2) is 8.63. The molecule has 0 aliphatic heterocycles. The maximum absolute atomic E-state index is 12.1. The molecule has 2 aromatic carbocycles. The summed E-state index contributed by atoms with van der Waals surface area (Å²) in [4.78, 5) is 12.1. The maximum Gasteiger partial charge on any atom is 0.248 e. The summed E-state index contributed by atoms with van der Waals surface area (Å²) in [6, 6.07) is 10.5. The van der Waals surface area contributed by atoms with Crippen LogP contribution in [-0.2, 0) is 4.79 Å². The van der Waals surface area contributed by atoms with Gasteiger partial charge in [0.1, 0.15) is 23.0 Å². The minimum absolute atomic E-state index is 0.273. The van der Waals surface area contributed by atoms with Crippen LogP contribution >= 0.6 is 0 Å². The molecule has 0 heterocycles. The van der Waals surface area contributed by atoms with Crippen LogP contribution in [0.25, 0.3) is 6.08 Å². The monoisotopic (exact) mass is 343 g/mol. The van der Waals surface area contributed by atoms with Crippen LogP contribution in [0.5, 0.6) is 23.0 Å². The number of carbonyl (C=O) groups is 1. The molecule has 0 aliphatic carbocycles. The lowest BCUT2D eigenvalue weighted by Crippen LogP contribution is -2.07. The molecule has 0 unspecified atom stereocenters. The summed E-state index contributed by atoms with van der Waals surface area (Å²) in [7, 11) is 6.24. The zero-order chi connectivity index (χ0) is 18.2. The van der Waals surface area contributed by atoms with E-state index in [0.717, 1.165) is 5.75 Å². The number of hydrogen-bond donors (Lipinski definition) is 1. The Morgan fingerprint density at radius 2 is 1.40 bits per heavy atom. The van der Waals surface area contributed by atoms with Gasteiger partial charge >= 0.3 is 0 Å². The average Bonchev–Trinajstić information content (AvgIpc) is 2.66. The smallest absolute Gasteiger partial charge is 0.248 e. The van der Waals surface area contributed by atoms with Gasteiger partial charge in [0.25, 0.3) is 0 Å². The molecule has 2 rings (SSSR count). The fraction of sp³-hybridized carbons (Fsp3) is 0.211. The first-order valence-electron chi connectivity index (χ1n) is 7.54. The average molecular weight is 343 g/mol. The van der Waals surface area contributed by atoms with E-state index in [1.54, 1.807) is 70.9 Å². The maximum atomic E-state index is 12.1. The number of nitrogens with one attached hydrogen (secondary N) is 1. The fourth-order valence-corrected chi connectivity index (χ4v) is 2.21. The van der Waals surface area contributed by atoms with Crippen LogP contribution in [0, 0.1) is 0 Å². The summed E-state index contributed by atoms with van der Waals surface area (Å²) in [6.45, 7) is 0. The third kappa shape index (κ3) is 4.67. The second-order valence-corrected chi connectivity index (χ2v) is 5.00. The molecule has 1 amide bonds. The highest BCUT2D eigenvalue weighted by Gasteiger charge is 2.11. The first kappa shape index (κ1) is 18.2. The van der Waals surface area contributed by atoms with E-state index in [1.807, 2.05) is 0 Å². The van der Waals surface area contributed by atoms with Crippen LogP contribution in [0.4, 0.5) is 5.69 Å². The summed E-state index contributed by atoms with van der Waals surface area (Å²) in [6.07, 6.45) is 3.05. The van der Waals surface area contributed by atoms with Crippen molar-refractivity contribution in [2.75, 3.05) is 33.8 Å². The molecule has 6 heteroatoms. The van der Waals surface area contributed by atoms with Gasteiger partial charge in [-0.15, -0.1) is 0 Å². The minimum Gasteiger partial charge on any atom is -0.497 e. The van der Waals surface area contributed by atoms with Crippen molar-refractivity contribution >= 4 is 17.7 Å². The van der Waals surface area contributed by atoms with Crippen molar-refractivity contribution < 1.29 is 23.7 Å². The van der Waals surface area contributed by atoms with Crippen molar-refractivity contribution in [3.8, 4) is 23.0 Å². The predicted octanol–water partition coefficient (Wildman–Crippen LogP) is 3.37. The van der Waals surface area contributed by atoms with Gasteiger partial charge in [-0.25, -0.2) is 0 Å². The van der Waals surface area contributed by atoms with Crippen molar-refractivity contribution in [2.45, 2.75) is 0 Å². The highest BCUT2D eigenvalue weighted by atomic mass is 16.5. The van der Waals surface area contributed by atoms with Crippen molar-refractivity contribution in [1.29, 1.82) is 0 Å². The fourth-order valence-electron chi connectivity index (χ4n) is 2.21. The number of ether oxygens (including phenoxy) is 4. The van der Waals surface area contributed by atoms with Gasteiger partial charge in [-0.2, -0.15) is 0 Å². The van der Waals surface area contributed by atoms with Crippen LogP contribution in [0.1, 0.15) is 5.56 Å². The Labute approximate surface area is 147 Å². The molecule has 0 atom stereocenters. The lowest BCUT2D eigenvalue weighted by Gasteiger charge is -2.12. The van der Waals surface area contributed by atoms with Crippen LogP contribution in [0.3, 0.4) is 0 Å². The van der Waals surface area contributed by atoms with Crippen molar-refractivity contribution in [1.82, 2.24) is 0 Å². The van der Waals surface area contributed by atoms with E-state index in [-0.39, 0.29) is 5.91 Å². The molecule has 0 aromatic heterocycles. The molecule has 0 spiro atoms. The molecule has 0 radical (unpaired) electrons. The van der Waals surface area contributed by atoms with Crippen molar-refractivity contribution in [3.05, 3.63) is 48.0 Å². The Morgan fingerprint density at radius 3 is 1.88 bits per heavy atom. The van der Waals surface area contributed by atoms with Gasteiger partial charge in [0.05, 0.1) is 34.0 Å². The van der Waals surface area contributed by atoms with Crippen molar-refractivity contribution in [3.63, 3.8) is 0 Å². The second-order valence-electron chi connectivity index (χ2n) is 5.00. The summed E-state index contributed by atoms with van der Waals surface area (Å²) in [5, 5.41) is 2.77. The number of amides is 1. The number of rotatable bonds is 7. The molecule has 1 N–H and O–H groups in total. The Bertz CT molecular complexity index is 728. The highest BCUT2D eigenvalue weighted by molar-refractivity contribution is 6.02. The number of benzene rings is 2. The molecule has 132 valence electrons. The Hall–Kier alpha value is -3.15. The molecule has 0 saturated carbocycles.